The summed E-state index contributed by atoms with van der Waals surface area (Å²) in [7, 11) is 0. The third-order valence-electron chi connectivity index (χ3n) is 8.49. The number of piperidine rings is 1. The molecule has 2 fully saturated rings. The number of urea groups is 1. The number of likely N-dealkylation sites (tertiary alicyclic amines) is 1. The molecule has 0 spiro atoms. The summed E-state index contributed by atoms with van der Waals surface area (Å²) in [4.78, 5) is 16.9. The van der Waals surface area contributed by atoms with E-state index < -0.39 is 0 Å². The second kappa shape index (κ2) is 12.6. The standard InChI is InChI=1S/C33H36ClFN4O2/c34-26-6-11-30-31(22-39(32(30)20-26)28-9-7-27(35)8-10-28)25-12-15-37(16-13-25)17-14-29-21-36-33(40)38(29)18-19-41-23-24-4-2-1-3-5-24/h1-11,20,22,25,29H,12-19,21,23H2,(H,36,40). The fourth-order valence-electron chi connectivity index (χ4n) is 6.22. The SMILES string of the molecule is O=C1NCC(CCN2CCC(c3cn(-c4ccc(F)cc4)c4cc(Cl)ccc34)CC2)N1CCOCc1ccccc1. The molecule has 1 N–H and O–H groups in total. The van der Waals surface area contributed by atoms with E-state index in [0.29, 0.717) is 37.2 Å². The lowest BCUT2D eigenvalue weighted by Crippen LogP contribution is -2.40. The van der Waals surface area contributed by atoms with Gasteiger partial charge in [-0.25, -0.2) is 9.18 Å². The lowest BCUT2D eigenvalue weighted by atomic mass is 9.89. The Hall–Kier alpha value is -3.39. The van der Waals surface area contributed by atoms with Gasteiger partial charge in [-0.05, 0) is 85.8 Å². The van der Waals surface area contributed by atoms with E-state index in [0.717, 1.165) is 55.7 Å². The predicted octanol–water partition coefficient (Wildman–Crippen LogP) is 6.60. The Bertz CT molecular complexity index is 1470. The largest absolute Gasteiger partial charge is 0.375 e. The van der Waals surface area contributed by atoms with Gasteiger partial charge in [0.1, 0.15) is 5.82 Å². The number of nitrogens with zero attached hydrogens (tertiary/aromatic N) is 3. The molecule has 4 aromatic rings. The van der Waals surface area contributed by atoms with Crippen LogP contribution in [0.2, 0.25) is 5.02 Å². The quantitative estimate of drug-likeness (QED) is 0.217. The van der Waals surface area contributed by atoms with E-state index >= 15 is 0 Å². The first-order chi connectivity index (χ1) is 20.0. The van der Waals surface area contributed by atoms with E-state index in [1.807, 2.05) is 59.5 Å². The highest BCUT2D eigenvalue weighted by atomic mass is 35.5. The smallest absolute Gasteiger partial charge is 0.317 e. The van der Waals surface area contributed by atoms with Crippen molar-refractivity contribution >= 4 is 28.5 Å². The maximum absolute atomic E-state index is 13.6. The van der Waals surface area contributed by atoms with Gasteiger partial charge in [0.15, 0.2) is 0 Å². The summed E-state index contributed by atoms with van der Waals surface area (Å²) in [5, 5.41) is 4.91. The van der Waals surface area contributed by atoms with Gasteiger partial charge in [0.2, 0.25) is 0 Å². The minimum absolute atomic E-state index is 0.00895. The van der Waals surface area contributed by atoms with Crippen molar-refractivity contribution in [1.29, 1.82) is 0 Å². The lowest BCUT2D eigenvalue weighted by molar-refractivity contribution is 0.0931. The molecule has 3 aromatic carbocycles. The van der Waals surface area contributed by atoms with Crippen molar-refractivity contribution < 1.29 is 13.9 Å². The molecule has 0 bridgehead atoms. The zero-order chi connectivity index (χ0) is 28.2. The van der Waals surface area contributed by atoms with E-state index in [1.54, 1.807) is 0 Å². The fourth-order valence-corrected chi connectivity index (χ4v) is 6.38. The average Bonchev–Trinajstić information content (AvgIpc) is 3.55. The number of carbonyl (C=O) groups is 1. The molecule has 214 valence electrons. The Morgan fingerprint density at radius 3 is 2.54 bits per heavy atom. The van der Waals surface area contributed by atoms with E-state index in [-0.39, 0.29) is 17.9 Å². The highest BCUT2D eigenvalue weighted by Crippen LogP contribution is 2.37. The van der Waals surface area contributed by atoms with Crippen LogP contribution in [-0.4, -0.2) is 65.8 Å². The van der Waals surface area contributed by atoms with Gasteiger partial charge in [-0.3, -0.25) is 0 Å². The Labute approximate surface area is 245 Å². The molecule has 1 unspecified atom stereocenters. The van der Waals surface area contributed by atoms with Crippen molar-refractivity contribution in [3.8, 4) is 5.69 Å². The summed E-state index contributed by atoms with van der Waals surface area (Å²) in [6.45, 7) is 5.41. The number of ether oxygens (including phenoxy) is 1. The monoisotopic (exact) mass is 574 g/mol. The van der Waals surface area contributed by atoms with E-state index in [1.165, 1.54) is 23.1 Å². The molecule has 2 amide bonds. The Kier molecular flexibility index (Phi) is 8.56. The molecule has 1 atom stereocenters. The Morgan fingerprint density at radius 2 is 1.76 bits per heavy atom. The highest BCUT2D eigenvalue weighted by Gasteiger charge is 2.31. The highest BCUT2D eigenvalue weighted by molar-refractivity contribution is 6.31. The van der Waals surface area contributed by atoms with Crippen molar-refractivity contribution in [3.05, 3.63) is 101 Å². The number of aromatic nitrogens is 1. The van der Waals surface area contributed by atoms with Crippen molar-refractivity contribution in [2.75, 3.05) is 39.3 Å². The molecule has 2 saturated heterocycles. The molecule has 6 nitrogen and oxygen atoms in total. The van der Waals surface area contributed by atoms with Gasteiger partial charge in [0.25, 0.3) is 0 Å². The summed E-state index contributed by atoms with van der Waals surface area (Å²) >= 11 is 6.37. The number of halogens is 2. The van der Waals surface area contributed by atoms with Gasteiger partial charge in [-0.15, -0.1) is 0 Å². The number of nitrogens with one attached hydrogen (secondary N) is 1. The molecule has 0 aliphatic carbocycles. The second-order valence-electron chi connectivity index (χ2n) is 11.1. The first-order valence-corrected chi connectivity index (χ1v) is 14.9. The maximum atomic E-state index is 13.6. The van der Waals surface area contributed by atoms with Gasteiger partial charge in [-0.2, -0.15) is 0 Å². The van der Waals surface area contributed by atoms with E-state index in [4.69, 9.17) is 16.3 Å². The minimum Gasteiger partial charge on any atom is -0.375 e. The molecule has 3 heterocycles. The topological polar surface area (TPSA) is 49.7 Å². The van der Waals surface area contributed by atoms with Gasteiger partial charge in [-0.1, -0.05) is 48.0 Å². The molecule has 41 heavy (non-hydrogen) atoms. The molecular formula is C33H36ClFN4O2. The maximum Gasteiger partial charge on any atom is 0.317 e. The lowest BCUT2D eigenvalue weighted by Gasteiger charge is -2.33. The molecule has 2 aliphatic rings. The number of benzene rings is 3. The second-order valence-corrected chi connectivity index (χ2v) is 11.5. The third-order valence-corrected chi connectivity index (χ3v) is 8.72. The van der Waals surface area contributed by atoms with Gasteiger partial charge >= 0.3 is 6.03 Å². The molecular weight excluding hydrogens is 539 g/mol. The van der Waals surface area contributed by atoms with Gasteiger partial charge in [0.05, 0.1) is 24.8 Å². The van der Waals surface area contributed by atoms with Crippen molar-refractivity contribution in [2.45, 2.75) is 37.8 Å². The van der Waals surface area contributed by atoms with Crippen LogP contribution >= 0.6 is 11.6 Å². The predicted molar refractivity (Wildman–Crippen MR) is 161 cm³/mol. The molecule has 1 aromatic heterocycles. The number of amides is 2. The molecule has 2 aliphatic heterocycles. The summed E-state index contributed by atoms with van der Waals surface area (Å²) in [5.74, 6) is 0.206. The zero-order valence-corrected chi connectivity index (χ0v) is 23.9. The van der Waals surface area contributed by atoms with Crippen LogP contribution in [0, 0.1) is 5.82 Å². The van der Waals surface area contributed by atoms with Crippen LogP contribution < -0.4 is 5.32 Å². The van der Waals surface area contributed by atoms with Crippen molar-refractivity contribution in [3.63, 3.8) is 0 Å². The Morgan fingerprint density at radius 1 is 0.976 bits per heavy atom. The normalized spacial score (nSPS) is 18.3. The van der Waals surface area contributed by atoms with Gasteiger partial charge < -0.3 is 24.4 Å². The first kappa shape index (κ1) is 27.8. The molecule has 0 saturated carbocycles. The number of fused-ring (bicyclic) bond motifs is 1. The summed E-state index contributed by atoms with van der Waals surface area (Å²) in [6.07, 6.45) is 5.31. The summed E-state index contributed by atoms with van der Waals surface area (Å²) in [5.41, 5.74) is 4.44. The van der Waals surface area contributed by atoms with Crippen LogP contribution in [0.25, 0.3) is 16.6 Å². The van der Waals surface area contributed by atoms with Crippen molar-refractivity contribution in [2.24, 2.45) is 0 Å². The van der Waals surface area contributed by atoms with Crippen LogP contribution in [0.5, 0.6) is 0 Å². The van der Waals surface area contributed by atoms with Crippen LogP contribution in [0.3, 0.4) is 0 Å². The first-order valence-electron chi connectivity index (χ1n) is 14.5. The summed E-state index contributed by atoms with van der Waals surface area (Å²) < 4.78 is 21.6. The minimum atomic E-state index is -0.242. The molecule has 0 radical (unpaired) electrons. The van der Waals surface area contributed by atoms with E-state index in [9.17, 15) is 9.18 Å². The molecule has 6 rings (SSSR count). The van der Waals surface area contributed by atoms with Gasteiger partial charge in [0, 0.05) is 41.9 Å². The number of hydrogen-bond donors (Lipinski definition) is 1. The van der Waals surface area contributed by atoms with Crippen molar-refractivity contribution in [1.82, 2.24) is 19.7 Å². The van der Waals surface area contributed by atoms with Crippen LogP contribution in [0.4, 0.5) is 9.18 Å². The summed E-state index contributed by atoms with van der Waals surface area (Å²) in [6, 6.07) is 23.0. The third kappa shape index (κ3) is 6.43. The number of carbonyl (C=O) groups excluding carboxylic acids is 1. The van der Waals surface area contributed by atoms with E-state index in [2.05, 4.69) is 27.0 Å². The fraction of sp³-hybridized carbons (Fsp3) is 0.364. The number of hydrogen-bond acceptors (Lipinski definition) is 3. The average molecular weight is 575 g/mol. The van der Waals surface area contributed by atoms with Crippen LogP contribution in [-0.2, 0) is 11.3 Å². The number of rotatable bonds is 10. The van der Waals surface area contributed by atoms with Crippen LogP contribution in [0.1, 0.15) is 36.3 Å². The molecule has 8 heteroatoms. The Balaban J connectivity index is 1.03. The van der Waals surface area contributed by atoms with Crippen LogP contribution in [0.15, 0.2) is 79.0 Å². The zero-order valence-electron chi connectivity index (χ0n) is 23.1.